The van der Waals surface area contributed by atoms with Gasteiger partial charge >= 0.3 is 0 Å². The Morgan fingerprint density at radius 3 is 2.53 bits per heavy atom. The van der Waals surface area contributed by atoms with Gasteiger partial charge in [0.2, 0.25) is 11.7 Å². The molecule has 0 amide bonds. The third-order valence-electron chi connectivity index (χ3n) is 5.44. The second-order valence-corrected chi connectivity index (χ2v) is 7.45. The minimum absolute atomic E-state index is 0.535. The summed E-state index contributed by atoms with van der Waals surface area (Å²) >= 11 is 0. The molecule has 0 saturated heterocycles. The summed E-state index contributed by atoms with van der Waals surface area (Å²) < 4.78 is 7.46. The molecule has 0 aliphatic heterocycles. The lowest BCUT2D eigenvalue weighted by Gasteiger charge is -2.15. The molecule has 0 bridgehead atoms. The maximum Gasteiger partial charge on any atom is 0.232 e. The predicted octanol–water partition coefficient (Wildman–Crippen LogP) is 3.97. The Kier molecular flexibility index (Phi) is 5.12. The van der Waals surface area contributed by atoms with Gasteiger partial charge in [0.25, 0.3) is 0 Å². The molecule has 2 N–H and O–H groups in total. The number of hydrogen-bond acceptors (Lipinski definition) is 6. The van der Waals surface area contributed by atoms with Crippen molar-refractivity contribution in [1.29, 1.82) is 0 Å². The number of ether oxygens (including phenoxy) is 1. The van der Waals surface area contributed by atoms with E-state index < -0.39 is 6.10 Å². The topological polar surface area (TPSA) is 101 Å². The Balaban J connectivity index is 1.50. The number of hydrogen-bond donors (Lipinski definition) is 2. The summed E-state index contributed by atoms with van der Waals surface area (Å²) in [5, 5.41) is 25.5. The summed E-state index contributed by atoms with van der Waals surface area (Å²) in [6.07, 6.45) is 1.00. The molecular formula is C24H22N6O2. The standard InChI is InChI=1S/C24H22N6O2/c1-3-32-21-14-30-20(13-8-15(2)24(30)25-21)22(31)17-11-9-16(10-12-17)18-6-4-5-7-19(18)23-26-28-29-27-23/h4-14,22,31H,3H2,1-2H3,(H,26,27,28,29). The van der Waals surface area contributed by atoms with Crippen LogP contribution in [-0.4, -0.2) is 41.7 Å². The highest BCUT2D eigenvalue weighted by Crippen LogP contribution is 2.32. The number of benzene rings is 2. The Morgan fingerprint density at radius 1 is 1.03 bits per heavy atom. The molecule has 0 fully saturated rings. The van der Waals surface area contributed by atoms with Gasteiger partial charge in [-0.05, 0) is 47.4 Å². The van der Waals surface area contributed by atoms with Gasteiger partial charge in [-0.3, -0.25) is 4.40 Å². The zero-order valence-electron chi connectivity index (χ0n) is 17.7. The van der Waals surface area contributed by atoms with E-state index in [1.807, 2.05) is 85.1 Å². The fourth-order valence-corrected chi connectivity index (χ4v) is 3.86. The third kappa shape index (κ3) is 3.50. The molecule has 8 heteroatoms. The number of imidazole rings is 1. The van der Waals surface area contributed by atoms with Crippen LogP contribution in [0.5, 0.6) is 5.88 Å². The molecule has 0 aliphatic rings. The maximum atomic E-state index is 11.2. The lowest BCUT2D eigenvalue weighted by Crippen LogP contribution is -2.06. The molecule has 32 heavy (non-hydrogen) atoms. The van der Waals surface area contributed by atoms with Crippen molar-refractivity contribution >= 4 is 5.65 Å². The Labute approximate surface area is 184 Å². The van der Waals surface area contributed by atoms with Crippen molar-refractivity contribution in [2.24, 2.45) is 0 Å². The number of H-pyrrole nitrogens is 1. The predicted molar refractivity (Wildman–Crippen MR) is 120 cm³/mol. The average molecular weight is 426 g/mol. The van der Waals surface area contributed by atoms with Gasteiger partial charge in [-0.2, -0.15) is 10.2 Å². The van der Waals surface area contributed by atoms with Crippen LogP contribution >= 0.6 is 0 Å². The van der Waals surface area contributed by atoms with Crippen molar-refractivity contribution in [2.45, 2.75) is 20.0 Å². The van der Waals surface area contributed by atoms with Crippen LogP contribution in [0, 0.1) is 6.92 Å². The lowest BCUT2D eigenvalue weighted by atomic mass is 9.96. The maximum absolute atomic E-state index is 11.2. The molecule has 0 spiro atoms. The smallest absolute Gasteiger partial charge is 0.232 e. The molecule has 1 atom stereocenters. The number of tetrazole rings is 1. The fraction of sp³-hybridized carbons (Fsp3) is 0.167. The molecule has 5 aromatic rings. The number of rotatable bonds is 6. The van der Waals surface area contributed by atoms with Gasteiger partial charge in [-0.25, -0.2) is 0 Å². The number of aliphatic hydroxyl groups is 1. The molecule has 1 unspecified atom stereocenters. The zero-order chi connectivity index (χ0) is 22.1. The van der Waals surface area contributed by atoms with Crippen molar-refractivity contribution in [3.05, 3.63) is 83.7 Å². The van der Waals surface area contributed by atoms with Crippen molar-refractivity contribution in [2.75, 3.05) is 6.61 Å². The minimum atomic E-state index is -0.816. The van der Waals surface area contributed by atoms with Crippen LogP contribution < -0.4 is 4.74 Å². The number of aromatic amines is 1. The normalized spacial score (nSPS) is 12.2. The first-order valence-electron chi connectivity index (χ1n) is 10.4. The highest BCUT2D eigenvalue weighted by molar-refractivity contribution is 5.80. The van der Waals surface area contributed by atoms with Gasteiger partial charge in [0.1, 0.15) is 11.8 Å². The number of nitrogens with zero attached hydrogens (tertiary/aromatic N) is 5. The molecule has 160 valence electrons. The summed E-state index contributed by atoms with van der Waals surface area (Å²) in [7, 11) is 0. The van der Waals surface area contributed by atoms with E-state index in [0.29, 0.717) is 18.3 Å². The lowest BCUT2D eigenvalue weighted by molar-refractivity contribution is 0.214. The van der Waals surface area contributed by atoms with E-state index in [-0.39, 0.29) is 0 Å². The first-order chi connectivity index (χ1) is 15.7. The van der Waals surface area contributed by atoms with Gasteiger partial charge in [0, 0.05) is 5.56 Å². The summed E-state index contributed by atoms with van der Waals surface area (Å²) in [5.74, 6) is 1.08. The van der Waals surface area contributed by atoms with Gasteiger partial charge in [0.15, 0.2) is 0 Å². The Morgan fingerprint density at radius 2 is 1.81 bits per heavy atom. The van der Waals surface area contributed by atoms with Crippen molar-refractivity contribution in [3.63, 3.8) is 0 Å². The van der Waals surface area contributed by atoms with Crippen LogP contribution in [0.3, 0.4) is 0 Å². The minimum Gasteiger partial charge on any atom is -0.477 e. The molecule has 3 heterocycles. The second-order valence-electron chi connectivity index (χ2n) is 7.45. The van der Waals surface area contributed by atoms with Crippen LogP contribution in [0.1, 0.15) is 29.8 Å². The quantitative estimate of drug-likeness (QED) is 0.426. The summed E-state index contributed by atoms with van der Waals surface area (Å²) in [5.41, 5.74) is 6.17. The van der Waals surface area contributed by atoms with Crippen LogP contribution in [0.2, 0.25) is 0 Å². The molecule has 0 aliphatic carbocycles. The van der Waals surface area contributed by atoms with Crippen LogP contribution in [-0.2, 0) is 0 Å². The van der Waals surface area contributed by atoms with Gasteiger partial charge in [-0.15, -0.1) is 10.2 Å². The number of nitrogens with one attached hydrogen (secondary N) is 1. The molecule has 2 aromatic carbocycles. The van der Waals surface area contributed by atoms with Gasteiger partial charge < -0.3 is 9.84 Å². The third-order valence-corrected chi connectivity index (χ3v) is 5.44. The molecule has 3 aromatic heterocycles. The van der Waals surface area contributed by atoms with Gasteiger partial charge in [0.05, 0.1) is 18.5 Å². The van der Waals surface area contributed by atoms with Crippen LogP contribution in [0.25, 0.3) is 28.2 Å². The van der Waals surface area contributed by atoms with E-state index in [2.05, 4.69) is 25.6 Å². The van der Waals surface area contributed by atoms with E-state index in [1.54, 1.807) is 0 Å². The first kappa shape index (κ1) is 19.9. The number of aromatic nitrogens is 6. The van der Waals surface area contributed by atoms with Crippen LogP contribution in [0.4, 0.5) is 0 Å². The highest BCUT2D eigenvalue weighted by atomic mass is 16.5. The average Bonchev–Trinajstić information content (AvgIpc) is 3.50. The molecular weight excluding hydrogens is 404 g/mol. The number of pyridine rings is 1. The monoisotopic (exact) mass is 426 g/mol. The summed E-state index contributed by atoms with van der Waals surface area (Å²) in [6.45, 7) is 4.45. The highest BCUT2D eigenvalue weighted by Gasteiger charge is 2.18. The summed E-state index contributed by atoms with van der Waals surface area (Å²) in [6, 6.07) is 19.6. The van der Waals surface area contributed by atoms with Crippen molar-refractivity contribution in [1.82, 2.24) is 30.0 Å². The van der Waals surface area contributed by atoms with E-state index in [0.717, 1.165) is 39.2 Å². The second kappa shape index (κ2) is 8.24. The Bertz CT molecular complexity index is 1360. The largest absolute Gasteiger partial charge is 0.477 e. The molecule has 0 saturated carbocycles. The van der Waals surface area contributed by atoms with Crippen molar-refractivity contribution in [3.8, 4) is 28.4 Å². The first-order valence-corrected chi connectivity index (χ1v) is 10.4. The fourth-order valence-electron chi connectivity index (χ4n) is 3.86. The number of aryl methyl sites for hydroxylation is 1. The number of aliphatic hydroxyl groups excluding tert-OH is 1. The Hall–Kier alpha value is -4.04. The van der Waals surface area contributed by atoms with E-state index in [9.17, 15) is 5.11 Å². The molecule has 5 rings (SSSR count). The van der Waals surface area contributed by atoms with Crippen molar-refractivity contribution < 1.29 is 9.84 Å². The number of fused-ring (bicyclic) bond motifs is 1. The van der Waals surface area contributed by atoms with E-state index >= 15 is 0 Å². The van der Waals surface area contributed by atoms with Gasteiger partial charge in [-0.1, -0.05) is 54.6 Å². The zero-order valence-corrected chi connectivity index (χ0v) is 17.7. The SMILES string of the molecule is CCOc1cn2c(C(O)c3ccc(-c4ccccc4-c4nn[nH]n4)cc3)ccc(C)c2n1. The summed E-state index contributed by atoms with van der Waals surface area (Å²) in [4.78, 5) is 4.54. The van der Waals surface area contributed by atoms with Crippen LogP contribution in [0.15, 0.2) is 66.9 Å². The molecule has 8 nitrogen and oxygen atoms in total. The molecule has 0 radical (unpaired) electrons. The van der Waals surface area contributed by atoms with E-state index in [4.69, 9.17) is 4.74 Å². The van der Waals surface area contributed by atoms with E-state index in [1.165, 1.54) is 0 Å².